The van der Waals surface area contributed by atoms with Crippen molar-refractivity contribution in [2.75, 3.05) is 12.3 Å². The normalized spacial score (nSPS) is 11.6. The van der Waals surface area contributed by atoms with Gasteiger partial charge in [0.25, 0.3) is 11.6 Å². The second kappa shape index (κ2) is 8.11. The minimum atomic E-state index is -3.39. The van der Waals surface area contributed by atoms with Gasteiger partial charge in [-0.15, -0.1) is 0 Å². The zero-order chi connectivity index (χ0) is 21.1. The largest absolute Gasteiger partial charge is 0.463 e. The zero-order valence-electron chi connectivity index (χ0n) is 16.2. The number of rotatable bonds is 7. The third kappa shape index (κ3) is 3.97. The van der Waals surface area contributed by atoms with Crippen molar-refractivity contribution in [3.05, 3.63) is 66.1 Å². The second-order valence-electron chi connectivity index (χ2n) is 6.72. The van der Waals surface area contributed by atoms with Crippen LogP contribution in [0.3, 0.4) is 0 Å². The number of nitrogens with one attached hydrogen (secondary N) is 1. The van der Waals surface area contributed by atoms with Crippen molar-refractivity contribution in [3.8, 4) is 11.5 Å². The van der Waals surface area contributed by atoms with Crippen LogP contribution in [-0.2, 0) is 9.84 Å². The lowest BCUT2D eigenvalue weighted by molar-refractivity contribution is 0.0955. The molecule has 154 valence electrons. The number of aryl methyl sites for hydroxylation is 1. The summed E-state index contributed by atoms with van der Waals surface area (Å²) in [6.45, 7) is 1.93. The molecule has 0 unspecified atom stereocenters. The van der Waals surface area contributed by atoms with Crippen LogP contribution in [-0.4, -0.2) is 36.8 Å². The summed E-state index contributed by atoms with van der Waals surface area (Å²) in [5.74, 6) is 0.0695. The van der Waals surface area contributed by atoms with Gasteiger partial charge in [-0.05, 0) is 43.7 Å². The van der Waals surface area contributed by atoms with E-state index >= 15 is 0 Å². The van der Waals surface area contributed by atoms with Crippen molar-refractivity contribution in [1.82, 2.24) is 15.5 Å². The van der Waals surface area contributed by atoms with Crippen molar-refractivity contribution < 1.29 is 22.2 Å². The summed E-state index contributed by atoms with van der Waals surface area (Å²) in [4.78, 5) is 17.5. The van der Waals surface area contributed by atoms with Crippen molar-refractivity contribution in [2.24, 2.45) is 0 Å². The Morgan fingerprint density at radius 1 is 1.13 bits per heavy atom. The second-order valence-corrected chi connectivity index (χ2v) is 8.83. The molecule has 0 fully saturated rings. The third-order valence-corrected chi connectivity index (χ3v) is 6.43. The molecule has 0 spiro atoms. The summed E-state index contributed by atoms with van der Waals surface area (Å²) < 4.78 is 35.3. The number of sulfone groups is 1. The summed E-state index contributed by atoms with van der Waals surface area (Å²) in [5, 5.41) is 7.18. The Bertz CT molecular complexity index is 1280. The Hall–Kier alpha value is -3.46. The lowest BCUT2D eigenvalue weighted by atomic mass is 10.1. The highest BCUT2D eigenvalue weighted by atomic mass is 32.2. The minimum Gasteiger partial charge on any atom is -0.463 e. The number of furan rings is 1. The van der Waals surface area contributed by atoms with Gasteiger partial charge in [0.1, 0.15) is 5.69 Å². The molecule has 9 heteroatoms. The molecular weight excluding hydrogens is 406 g/mol. The van der Waals surface area contributed by atoms with E-state index in [2.05, 4.69) is 15.5 Å². The van der Waals surface area contributed by atoms with E-state index in [0.717, 1.165) is 0 Å². The van der Waals surface area contributed by atoms with Crippen molar-refractivity contribution in [2.45, 2.75) is 18.2 Å². The summed E-state index contributed by atoms with van der Waals surface area (Å²) in [7, 11) is -3.39. The highest BCUT2D eigenvalue weighted by molar-refractivity contribution is 7.91. The molecule has 0 saturated heterocycles. The van der Waals surface area contributed by atoms with Crippen LogP contribution in [0.1, 0.15) is 22.5 Å². The number of carbonyl (C=O) groups excluding carboxylic acids is 1. The topological polar surface area (TPSA) is 115 Å². The maximum atomic E-state index is 12.8. The molecule has 0 bridgehead atoms. The molecule has 4 rings (SSSR count). The standard InChI is InChI=1S/C21H19N3O5S/c1-14-19-16(13-17(18-9-5-11-28-18)23-21(19)29-24-14)20(25)22-10-6-12-30(26,27)15-7-3-2-4-8-15/h2-5,7-9,11,13H,6,10,12H2,1H3,(H,22,25). The number of nitrogens with zero attached hydrogens (tertiary/aromatic N) is 2. The van der Waals surface area contributed by atoms with Gasteiger partial charge in [-0.2, -0.15) is 0 Å². The first-order valence-corrected chi connectivity index (χ1v) is 11.0. The Labute approximate surface area is 172 Å². The van der Waals surface area contributed by atoms with E-state index in [0.29, 0.717) is 28.1 Å². The summed E-state index contributed by atoms with van der Waals surface area (Å²) in [6.07, 6.45) is 1.80. The van der Waals surface area contributed by atoms with Crippen LogP contribution < -0.4 is 5.32 Å². The molecule has 0 saturated carbocycles. The van der Waals surface area contributed by atoms with E-state index in [9.17, 15) is 13.2 Å². The monoisotopic (exact) mass is 425 g/mol. The van der Waals surface area contributed by atoms with E-state index in [1.165, 1.54) is 6.26 Å². The molecule has 4 aromatic rings. The molecule has 0 radical (unpaired) electrons. The Kier molecular flexibility index (Phi) is 5.37. The van der Waals surface area contributed by atoms with Gasteiger partial charge >= 0.3 is 0 Å². The van der Waals surface area contributed by atoms with Gasteiger partial charge in [-0.25, -0.2) is 13.4 Å². The number of carbonyl (C=O) groups is 1. The quantitative estimate of drug-likeness (QED) is 0.451. The summed E-state index contributed by atoms with van der Waals surface area (Å²) in [5.41, 5.74) is 1.56. The van der Waals surface area contributed by atoms with Crippen LogP contribution in [0, 0.1) is 6.92 Å². The number of benzene rings is 1. The lowest BCUT2D eigenvalue weighted by Crippen LogP contribution is -2.26. The molecule has 0 aliphatic heterocycles. The number of amides is 1. The van der Waals surface area contributed by atoms with Crippen molar-refractivity contribution in [1.29, 1.82) is 0 Å². The molecule has 3 heterocycles. The molecule has 8 nitrogen and oxygen atoms in total. The number of aromatic nitrogens is 2. The number of pyridine rings is 1. The first kappa shape index (κ1) is 19.8. The van der Waals surface area contributed by atoms with Crippen LogP contribution in [0.15, 0.2) is 68.6 Å². The van der Waals surface area contributed by atoms with Crippen LogP contribution in [0.2, 0.25) is 0 Å². The van der Waals surface area contributed by atoms with Crippen molar-refractivity contribution >= 4 is 26.8 Å². The average molecular weight is 425 g/mol. The minimum absolute atomic E-state index is 0.0625. The fourth-order valence-electron chi connectivity index (χ4n) is 3.13. The highest BCUT2D eigenvalue weighted by Crippen LogP contribution is 2.27. The fraction of sp³-hybridized carbons (Fsp3) is 0.190. The third-order valence-electron chi connectivity index (χ3n) is 4.61. The molecule has 3 aromatic heterocycles. The van der Waals surface area contributed by atoms with E-state index in [4.69, 9.17) is 8.94 Å². The highest BCUT2D eigenvalue weighted by Gasteiger charge is 2.20. The number of fused-ring (bicyclic) bond motifs is 1. The van der Waals surface area contributed by atoms with Gasteiger partial charge in [0, 0.05) is 6.54 Å². The molecule has 30 heavy (non-hydrogen) atoms. The van der Waals surface area contributed by atoms with Crippen LogP contribution >= 0.6 is 0 Å². The van der Waals surface area contributed by atoms with E-state index in [-0.39, 0.29) is 35.2 Å². The van der Waals surface area contributed by atoms with Gasteiger partial charge in [-0.1, -0.05) is 23.4 Å². The molecular formula is C21H19N3O5S. The number of hydrogen-bond acceptors (Lipinski definition) is 7. The Morgan fingerprint density at radius 2 is 1.93 bits per heavy atom. The molecule has 1 aromatic carbocycles. The Morgan fingerprint density at radius 3 is 2.67 bits per heavy atom. The lowest BCUT2D eigenvalue weighted by Gasteiger charge is -2.08. The maximum absolute atomic E-state index is 12.8. The predicted molar refractivity (Wildman–Crippen MR) is 110 cm³/mol. The van der Waals surface area contributed by atoms with Crippen molar-refractivity contribution in [3.63, 3.8) is 0 Å². The van der Waals surface area contributed by atoms with E-state index in [1.54, 1.807) is 55.5 Å². The molecule has 0 aliphatic rings. The first-order valence-electron chi connectivity index (χ1n) is 9.32. The fourth-order valence-corrected chi connectivity index (χ4v) is 4.46. The van der Waals surface area contributed by atoms with Crippen LogP contribution in [0.5, 0.6) is 0 Å². The predicted octanol–water partition coefficient (Wildman–Crippen LogP) is 3.39. The van der Waals surface area contributed by atoms with E-state index in [1.807, 2.05) is 0 Å². The molecule has 0 atom stereocenters. The molecule has 0 aliphatic carbocycles. The first-order chi connectivity index (χ1) is 14.5. The van der Waals surface area contributed by atoms with Gasteiger partial charge in [0.05, 0.1) is 33.6 Å². The maximum Gasteiger partial charge on any atom is 0.259 e. The van der Waals surface area contributed by atoms with Crippen LogP contribution in [0.25, 0.3) is 22.6 Å². The SMILES string of the molecule is Cc1noc2nc(-c3ccco3)cc(C(=O)NCCCS(=O)(=O)c3ccccc3)c12. The molecule has 1 N–H and O–H groups in total. The number of hydrogen-bond donors (Lipinski definition) is 1. The summed E-state index contributed by atoms with van der Waals surface area (Å²) >= 11 is 0. The summed E-state index contributed by atoms with van der Waals surface area (Å²) in [6, 6.07) is 13.3. The van der Waals surface area contributed by atoms with Gasteiger partial charge in [0.2, 0.25) is 0 Å². The van der Waals surface area contributed by atoms with E-state index < -0.39 is 9.84 Å². The smallest absolute Gasteiger partial charge is 0.259 e. The zero-order valence-corrected chi connectivity index (χ0v) is 17.0. The van der Waals surface area contributed by atoms with Crippen LogP contribution in [0.4, 0.5) is 0 Å². The van der Waals surface area contributed by atoms with Gasteiger partial charge in [-0.3, -0.25) is 4.79 Å². The average Bonchev–Trinajstić information content (AvgIpc) is 3.41. The Balaban J connectivity index is 1.49. The van der Waals surface area contributed by atoms with Gasteiger partial charge < -0.3 is 14.3 Å². The van der Waals surface area contributed by atoms with Gasteiger partial charge in [0.15, 0.2) is 15.6 Å². The molecule has 1 amide bonds.